The van der Waals surface area contributed by atoms with E-state index in [4.69, 9.17) is 4.74 Å². The number of hydrogen-bond acceptors (Lipinski definition) is 3. The fourth-order valence-electron chi connectivity index (χ4n) is 3.63. The van der Waals surface area contributed by atoms with Crippen molar-refractivity contribution in [3.05, 3.63) is 0 Å². The summed E-state index contributed by atoms with van der Waals surface area (Å²) in [5.74, 6) is 0.315. The molecule has 1 N–H and O–H groups in total. The minimum Gasteiger partial charge on any atom is -0.376 e. The number of carbonyl (C=O) groups is 1. The number of nitrogens with zero attached hydrogens (tertiary/aromatic N) is 1. The molecule has 0 radical (unpaired) electrons. The number of nitrogens with one attached hydrogen (secondary N) is 1. The number of ether oxygens (including phenoxy) is 1. The van der Waals surface area contributed by atoms with Crippen LogP contribution < -0.4 is 5.32 Å². The van der Waals surface area contributed by atoms with Gasteiger partial charge in [0.15, 0.2) is 0 Å². The smallest absolute Gasteiger partial charge is 0.244 e. The Morgan fingerprint density at radius 2 is 1.94 bits per heavy atom. The molecule has 4 heteroatoms. The monoisotopic (exact) mass is 252 g/mol. The first-order chi connectivity index (χ1) is 8.80. The van der Waals surface area contributed by atoms with Gasteiger partial charge in [0.2, 0.25) is 5.91 Å². The van der Waals surface area contributed by atoms with Crippen molar-refractivity contribution in [1.82, 2.24) is 10.2 Å². The van der Waals surface area contributed by atoms with E-state index in [9.17, 15) is 4.79 Å². The van der Waals surface area contributed by atoms with Gasteiger partial charge in [-0.25, -0.2) is 0 Å². The van der Waals surface area contributed by atoms with Gasteiger partial charge in [0.1, 0.15) is 0 Å². The van der Waals surface area contributed by atoms with Gasteiger partial charge in [-0.2, -0.15) is 0 Å². The second-order valence-corrected chi connectivity index (χ2v) is 5.97. The van der Waals surface area contributed by atoms with Gasteiger partial charge in [-0.1, -0.05) is 25.7 Å². The molecule has 102 valence electrons. The van der Waals surface area contributed by atoms with E-state index < -0.39 is 0 Å². The Labute approximate surface area is 109 Å². The molecule has 0 unspecified atom stereocenters. The largest absolute Gasteiger partial charge is 0.376 e. The lowest BCUT2D eigenvalue weighted by Gasteiger charge is -2.22. The number of amides is 1. The van der Waals surface area contributed by atoms with E-state index in [0.29, 0.717) is 25.3 Å². The Kier molecular flexibility index (Phi) is 3.57. The molecule has 0 atom stereocenters. The number of carbonyl (C=O) groups excluding carboxylic acids is 1. The van der Waals surface area contributed by atoms with Crippen molar-refractivity contribution < 1.29 is 9.53 Å². The first-order valence-electron chi connectivity index (χ1n) is 7.46. The predicted molar refractivity (Wildman–Crippen MR) is 69.1 cm³/mol. The van der Waals surface area contributed by atoms with Crippen molar-refractivity contribution in [1.29, 1.82) is 0 Å². The highest BCUT2D eigenvalue weighted by molar-refractivity contribution is 5.88. The zero-order valence-electron chi connectivity index (χ0n) is 11.1. The standard InChI is InChI=1S/C14H24N2O2/c17-13-14(7-3-4-8-14)15-11-16(13)9-10-18-12-5-1-2-6-12/h12,15H,1-11H2. The van der Waals surface area contributed by atoms with Crippen LogP contribution in [0.15, 0.2) is 0 Å². The second-order valence-electron chi connectivity index (χ2n) is 5.97. The Morgan fingerprint density at radius 1 is 1.22 bits per heavy atom. The summed E-state index contributed by atoms with van der Waals surface area (Å²) in [5, 5.41) is 3.43. The van der Waals surface area contributed by atoms with E-state index in [1.54, 1.807) is 0 Å². The lowest BCUT2D eigenvalue weighted by atomic mass is 9.98. The zero-order chi connectivity index (χ0) is 12.4. The molecular weight excluding hydrogens is 228 g/mol. The minimum absolute atomic E-state index is 0.201. The third-order valence-corrected chi connectivity index (χ3v) is 4.78. The van der Waals surface area contributed by atoms with Gasteiger partial charge >= 0.3 is 0 Å². The average Bonchev–Trinajstić information content (AvgIpc) is 3.08. The maximum absolute atomic E-state index is 12.4. The third kappa shape index (κ3) is 2.28. The van der Waals surface area contributed by atoms with Crippen LogP contribution in [-0.4, -0.2) is 42.3 Å². The molecule has 2 aliphatic carbocycles. The zero-order valence-corrected chi connectivity index (χ0v) is 11.1. The van der Waals surface area contributed by atoms with Crippen LogP contribution in [0.4, 0.5) is 0 Å². The summed E-state index contributed by atoms with van der Waals surface area (Å²) in [6, 6.07) is 0. The summed E-state index contributed by atoms with van der Waals surface area (Å²) >= 11 is 0. The summed E-state index contributed by atoms with van der Waals surface area (Å²) in [6.45, 7) is 2.17. The van der Waals surface area contributed by atoms with E-state index in [-0.39, 0.29) is 5.54 Å². The molecule has 1 spiro atoms. The molecular formula is C14H24N2O2. The van der Waals surface area contributed by atoms with Crippen LogP contribution in [-0.2, 0) is 9.53 Å². The molecule has 1 amide bonds. The fourth-order valence-corrected chi connectivity index (χ4v) is 3.63. The lowest BCUT2D eigenvalue weighted by Crippen LogP contribution is -2.44. The molecule has 0 aromatic carbocycles. The topological polar surface area (TPSA) is 41.6 Å². The van der Waals surface area contributed by atoms with E-state index >= 15 is 0 Å². The summed E-state index contributed by atoms with van der Waals surface area (Å²) in [7, 11) is 0. The molecule has 2 saturated carbocycles. The van der Waals surface area contributed by atoms with E-state index in [1.807, 2.05) is 4.90 Å². The molecule has 3 aliphatic rings. The fraction of sp³-hybridized carbons (Fsp3) is 0.929. The van der Waals surface area contributed by atoms with Gasteiger partial charge in [-0.15, -0.1) is 0 Å². The quantitative estimate of drug-likeness (QED) is 0.827. The Balaban J connectivity index is 1.44. The third-order valence-electron chi connectivity index (χ3n) is 4.78. The highest BCUT2D eigenvalue weighted by Crippen LogP contribution is 2.34. The van der Waals surface area contributed by atoms with Crippen molar-refractivity contribution in [3.63, 3.8) is 0 Å². The molecule has 3 rings (SSSR count). The SMILES string of the molecule is O=C1N(CCOC2CCCC2)CNC12CCCC2. The predicted octanol–water partition coefficient (Wildman–Crippen LogP) is 1.65. The van der Waals surface area contributed by atoms with E-state index in [0.717, 1.165) is 19.4 Å². The second kappa shape index (κ2) is 5.17. The van der Waals surface area contributed by atoms with E-state index in [1.165, 1.54) is 38.5 Å². The van der Waals surface area contributed by atoms with Gasteiger partial charge in [-0.05, 0) is 25.7 Å². The van der Waals surface area contributed by atoms with Crippen molar-refractivity contribution >= 4 is 5.91 Å². The van der Waals surface area contributed by atoms with Crippen LogP contribution in [0.25, 0.3) is 0 Å². The van der Waals surface area contributed by atoms with Gasteiger partial charge in [0.25, 0.3) is 0 Å². The molecule has 0 aromatic rings. The summed E-state index contributed by atoms with van der Waals surface area (Å²) in [4.78, 5) is 14.3. The Morgan fingerprint density at radius 3 is 2.67 bits per heavy atom. The summed E-state index contributed by atoms with van der Waals surface area (Å²) in [5.41, 5.74) is -0.201. The highest BCUT2D eigenvalue weighted by atomic mass is 16.5. The van der Waals surface area contributed by atoms with Crippen molar-refractivity contribution in [2.24, 2.45) is 0 Å². The summed E-state index contributed by atoms with van der Waals surface area (Å²) in [6.07, 6.45) is 9.88. The Bertz CT molecular complexity index is 307. The van der Waals surface area contributed by atoms with Crippen LogP contribution in [0.5, 0.6) is 0 Å². The van der Waals surface area contributed by atoms with Crippen LogP contribution in [0.2, 0.25) is 0 Å². The maximum Gasteiger partial charge on any atom is 0.244 e. The molecule has 1 aliphatic heterocycles. The minimum atomic E-state index is -0.201. The number of rotatable bonds is 4. The van der Waals surface area contributed by atoms with Gasteiger partial charge in [0.05, 0.1) is 24.9 Å². The molecule has 18 heavy (non-hydrogen) atoms. The molecule has 4 nitrogen and oxygen atoms in total. The first-order valence-corrected chi connectivity index (χ1v) is 7.46. The summed E-state index contributed by atoms with van der Waals surface area (Å²) < 4.78 is 5.84. The highest BCUT2D eigenvalue weighted by Gasteiger charge is 2.47. The van der Waals surface area contributed by atoms with Gasteiger partial charge in [0, 0.05) is 6.54 Å². The van der Waals surface area contributed by atoms with Gasteiger partial charge in [-0.3, -0.25) is 10.1 Å². The average molecular weight is 252 g/mol. The van der Waals surface area contributed by atoms with Crippen molar-refractivity contribution in [2.45, 2.75) is 63.0 Å². The Hall–Kier alpha value is -0.610. The molecule has 1 saturated heterocycles. The van der Waals surface area contributed by atoms with Crippen LogP contribution in [0, 0.1) is 0 Å². The molecule has 3 fully saturated rings. The van der Waals surface area contributed by atoms with Crippen molar-refractivity contribution in [3.8, 4) is 0 Å². The molecule has 1 heterocycles. The van der Waals surface area contributed by atoms with Crippen molar-refractivity contribution in [2.75, 3.05) is 19.8 Å². The van der Waals surface area contributed by atoms with E-state index in [2.05, 4.69) is 5.32 Å². The van der Waals surface area contributed by atoms with Gasteiger partial charge < -0.3 is 9.64 Å². The maximum atomic E-state index is 12.4. The molecule has 0 aromatic heterocycles. The number of hydrogen-bond donors (Lipinski definition) is 1. The van der Waals surface area contributed by atoms with Crippen LogP contribution in [0.3, 0.4) is 0 Å². The van der Waals surface area contributed by atoms with Crippen LogP contribution in [0.1, 0.15) is 51.4 Å². The normalized spacial score (nSPS) is 27.8. The first kappa shape index (κ1) is 12.4. The molecule has 0 bridgehead atoms. The van der Waals surface area contributed by atoms with Crippen LogP contribution >= 0.6 is 0 Å². The lowest BCUT2D eigenvalue weighted by molar-refractivity contribution is -0.133.